The van der Waals surface area contributed by atoms with Crippen molar-refractivity contribution in [2.75, 3.05) is 6.54 Å². The summed E-state index contributed by atoms with van der Waals surface area (Å²) in [4.78, 5) is 4.23. The molecule has 1 aliphatic heterocycles. The Labute approximate surface area is 119 Å². The molecule has 2 aromatic rings. The van der Waals surface area contributed by atoms with E-state index >= 15 is 0 Å². The number of aliphatic hydroxyl groups excluding tert-OH is 1. The predicted molar refractivity (Wildman–Crippen MR) is 69.9 cm³/mol. The van der Waals surface area contributed by atoms with Crippen molar-refractivity contribution in [2.45, 2.75) is 25.0 Å². The van der Waals surface area contributed by atoms with Crippen LogP contribution < -0.4 is 5.32 Å². The van der Waals surface area contributed by atoms with Crippen molar-refractivity contribution in [3.63, 3.8) is 0 Å². The van der Waals surface area contributed by atoms with Gasteiger partial charge < -0.3 is 14.9 Å². The first-order valence-corrected chi connectivity index (χ1v) is 6.68. The van der Waals surface area contributed by atoms with Crippen LogP contribution in [0.4, 0.5) is 4.39 Å². The molecule has 1 aromatic carbocycles. The topological polar surface area (TPSA) is 71.2 Å². The smallest absolute Gasteiger partial charge is 0.243 e. The quantitative estimate of drug-likeness (QED) is 0.904. The highest BCUT2D eigenvalue weighted by atomic mass is 35.5. The Morgan fingerprint density at radius 2 is 2.35 bits per heavy atom. The monoisotopic (exact) mass is 297 g/mol. The number of benzene rings is 1. The maximum absolute atomic E-state index is 13.8. The largest absolute Gasteiger partial charge is 0.392 e. The molecule has 0 saturated carbocycles. The van der Waals surface area contributed by atoms with Gasteiger partial charge in [-0.3, -0.25) is 0 Å². The van der Waals surface area contributed by atoms with Crippen LogP contribution in [0.2, 0.25) is 5.02 Å². The number of aliphatic hydroxyl groups is 1. The van der Waals surface area contributed by atoms with Crippen LogP contribution in [-0.4, -0.2) is 27.9 Å². The van der Waals surface area contributed by atoms with Crippen molar-refractivity contribution in [1.82, 2.24) is 15.5 Å². The Balaban J connectivity index is 1.76. The van der Waals surface area contributed by atoms with Crippen molar-refractivity contribution in [1.29, 1.82) is 0 Å². The number of β-amino-alcohol motifs (C(OH)–C–C–N with tert-alkyl or cyclic N) is 1. The zero-order valence-corrected chi connectivity index (χ0v) is 11.3. The van der Waals surface area contributed by atoms with E-state index in [1.54, 1.807) is 12.1 Å². The molecule has 0 amide bonds. The fourth-order valence-electron chi connectivity index (χ4n) is 2.24. The summed E-state index contributed by atoms with van der Waals surface area (Å²) in [5.41, 5.74) is 0.421. The highest BCUT2D eigenvalue weighted by molar-refractivity contribution is 6.30. The molecule has 0 spiro atoms. The summed E-state index contributed by atoms with van der Waals surface area (Å²) in [5, 5.41) is 16.4. The summed E-state index contributed by atoms with van der Waals surface area (Å²) in [6, 6.07) is 4.66. The maximum atomic E-state index is 13.8. The average Bonchev–Trinajstić information content (AvgIpc) is 3.04. The fourth-order valence-corrected chi connectivity index (χ4v) is 2.44. The van der Waals surface area contributed by atoms with Crippen LogP contribution in [0.1, 0.15) is 29.7 Å². The molecule has 1 aliphatic rings. The van der Waals surface area contributed by atoms with Gasteiger partial charge in [0.1, 0.15) is 5.82 Å². The zero-order valence-electron chi connectivity index (χ0n) is 10.5. The van der Waals surface area contributed by atoms with Gasteiger partial charge in [0.05, 0.1) is 17.2 Å². The van der Waals surface area contributed by atoms with Crippen LogP contribution in [0.25, 0.3) is 0 Å². The van der Waals surface area contributed by atoms with Gasteiger partial charge in [0.2, 0.25) is 5.89 Å². The highest BCUT2D eigenvalue weighted by Crippen LogP contribution is 2.23. The Morgan fingerprint density at radius 1 is 1.50 bits per heavy atom. The summed E-state index contributed by atoms with van der Waals surface area (Å²) in [6.07, 6.45) is 0.346. The minimum atomic E-state index is -0.463. The van der Waals surface area contributed by atoms with E-state index < -0.39 is 11.9 Å². The third-order valence-electron chi connectivity index (χ3n) is 3.27. The first-order valence-electron chi connectivity index (χ1n) is 6.30. The second kappa shape index (κ2) is 5.47. The number of hydrogen-bond acceptors (Lipinski definition) is 5. The van der Waals surface area contributed by atoms with Crippen molar-refractivity contribution >= 4 is 11.6 Å². The lowest BCUT2D eigenvalue weighted by molar-refractivity contribution is 0.191. The molecule has 0 aliphatic carbocycles. The van der Waals surface area contributed by atoms with Gasteiger partial charge in [0, 0.05) is 13.0 Å². The van der Waals surface area contributed by atoms with Gasteiger partial charge in [-0.2, -0.15) is 4.98 Å². The Bertz CT molecular complexity index is 619. The summed E-state index contributed by atoms with van der Waals surface area (Å²) in [6.45, 7) is 0.505. The Kier molecular flexibility index (Phi) is 3.69. The van der Waals surface area contributed by atoms with Crippen LogP contribution in [0.15, 0.2) is 22.7 Å². The van der Waals surface area contributed by atoms with Gasteiger partial charge in [-0.05, 0) is 18.1 Å². The molecule has 0 radical (unpaired) electrons. The van der Waals surface area contributed by atoms with E-state index in [0.717, 1.165) is 0 Å². The molecule has 1 fully saturated rings. The number of hydrogen-bond donors (Lipinski definition) is 2. The van der Waals surface area contributed by atoms with E-state index in [9.17, 15) is 9.50 Å². The zero-order chi connectivity index (χ0) is 14.1. The average molecular weight is 298 g/mol. The minimum Gasteiger partial charge on any atom is -0.392 e. The second-order valence-corrected chi connectivity index (χ2v) is 5.20. The summed E-state index contributed by atoms with van der Waals surface area (Å²) < 4.78 is 18.9. The van der Waals surface area contributed by atoms with E-state index in [0.29, 0.717) is 30.2 Å². The van der Waals surface area contributed by atoms with Gasteiger partial charge in [0.25, 0.3) is 0 Å². The van der Waals surface area contributed by atoms with Crippen molar-refractivity contribution in [2.24, 2.45) is 0 Å². The van der Waals surface area contributed by atoms with E-state index in [-0.39, 0.29) is 17.5 Å². The Morgan fingerprint density at radius 3 is 3.10 bits per heavy atom. The lowest BCUT2D eigenvalue weighted by Gasteiger charge is -2.02. The molecule has 7 heteroatoms. The maximum Gasteiger partial charge on any atom is 0.243 e. The van der Waals surface area contributed by atoms with Crippen LogP contribution >= 0.6 is 11.6 Å². The first kappa shape index (κ1) is 13.5. The molecule has 2 heterocycles. The first-order chi connectivity index (χ1) is 9.63. The third-order valence-corrected chi connectivity index (χ3v) is 3.56. The van der Waals surface area contributed by atoms with Crippen LogP contribution in [0.3, 0.4) is 0 Å². The van der Waals surface area contributed by atoms with Gasteiger partial charge in [-0.25, -0.2) is 4.39 Å². The summed E-state index contributed by atoms with van der Waals surface area (Å²) in [5.74, 6) is 0.346. The van der Waals surface area contributed by atoms with Crippen LogP contribution in [0.5, 0.6) is 0 Å². The molecule has 1 saturated heterocycles. The van der Waals surface area contributed by atoms with Crippen LogP contribution in [0, 0.1) is 5.82 Å². The van der Waals surface area contributed by atoms with E-state index in [2.05, 4.69) is 15.5 Å². The molecule has 2 N–H and O–H groups in total. The van der Waals surface area contributed by atoms with Gasteiger partial charge in [-0.15, -0.1) is 0 Å². The number of nitrogens with one attached hydrogen (secondary N) is 1. The lowest BCUT2D eigenvalue weighted by atomic mass is 10.1. The summed E-state index contributed by atoms with van der Waals surface area (Å²) >= 11 is 5.73. The van der Waals surface area contributed by atoms with E-state index in [1.165, 1.54) is 6.07 Å². The lowest BCUT2D eigenvalue weighted by Crippen LogP contribution is -2.15. The predicted octanol–water partition coefficient (Wildman–Crippen LogP) is 1.85. The van der Waals surface area contributed by atoms with Gasteiger partial charge >= 0.3 is 0 Å². The summed E-state index contributed by atoms with van der Waals surface area (Å²) in [7, 11) is 0. The molecule has 5 nitrogen and oxygen atoms in total. The van der Waals surface area contributed by atoms with Gasteiger partial charge in [-0.1, -0.05) is 28.9 Å². The molecule has 0 bridgehead atoms. The number of nitrogens with zero attached hydrogens (tertiary/aromatic N) is 2. The molecule has 2 atom stereocenters. The third kappa shape index (κ3) is 2.67. The highest BCUT2D eigenvalue weighted by Gasteiger charge is 2.28. The van der Waals surface area contributed by atoms with E-state index in [4.69, 9.17) is 16.1 Å². The van der Waals surface area contributed by atoms with Crippen molar-refractivity contribution in [3.8, 4) is 0 Å². The molecular formula is C13H13ClFN3O2. The standard InChI is InChI=1S/C13H13ClFN3O2/c14-9-3-1-2-7(12(9)15)4-11-17-13(20-18-11)10-5-8(19)6-16-10/h1-3,8,10,16,19H,4-6H2/t8-,10-/m1/s1. The molecule has 20 heavy (non-hydrogen) atoms. The number of halogens is 2. The second-order valence-electron chi connectivity index (χ2n) is 4.79. The van der Waals surface area contributed by atoms with Crippen LogP contribution in [-0.2, 0) is 6.42 Å². The Hall–Kier alpha value is -1.50. The molecule has 1 aromatic heterocycles. The fraction of sp³-hybridized carbons (Fsp3) is 0.385. The number of rotatable bonds is 3. The van der Waals surface area contributed by atoms with Crippen molar-refractivity contribution < 1.29 is 14.0 Å². The normalized spacial score (nSPS) is 22.4. The van der Waals surface area contributed by atoms with Gasteiger partial charge in [0.15, 0.2) is 5.82 Å². The SMILES string of the molecule is O[C@H]1CN[C@@H](c2nc(Cc3cccc(Cl)c3F)no2)C1. The van der Waals surface area contributed by atoms with E-state index in [1.807, 2.05) is 0 Å². The minimum absolute atomic E-state index is 0.0757. The number of aromatic nitrogens is 2. The molecule has 106 valence electrons. The molecule has 3 rings (SSSR count). The van der Waals surface area contributed by atoms with Crippen molar-refractivity contribution in [3.05, 3.63) is 46.3 Å². The molecule has 0 unspecified atom stereocenters. The molecular weight excluding hydrogens is 285 g/mol.